The Morgan fingerprint density at radius 1 is 0.952 bits per heavy atom. The minimum absolute atomic E-state index is 0.915. The summed E-state index contributed by atoms with van der Waals surface area (Å²) in [5, 5.41) is 0. The van der Waals surface area contributed by atoms with Crippen LogP contribution in [0.2, 0.25) is 0 Å². The molecule has 0 atom stereocenters. The summed E-state index contributed by atoms with van der Waals surface area (Å²) in [5.74, 6) is 0.915. The van der Waals surface area contributed by atoms with Crippen LogP contribution in [0.4, 0.5) is 0 Å². The van der Waals surface area contributed by atoms with Gasteiger partial charge in [0, 0.05) is 4.47 Å². The molecule has 0 unspecified atom stereocenters. The molecule has 0 heterocycles. The molecule has 110 valence electrons. The lowest BCUT2D eigenvalue weighted by atomic mass is 9.95. The summed E-state index contributed by atoms with van der Waals surface area (Å²) in [6.07, 6.45) is 2.07. The van der Waals surface area contributed by atoms with Gasteiger partial charge in [-0.2, -0.15) is 0 Å². The molecule has 0 spiro atoms. The highest BCUT2D eigenvalue weighted by atomic mass is 79.9. The van der Waals surface area contributed by atoms with E-state index in [9.17, 15) is 0 Å². The van der Waals surface area contributed by atoms with Crippen molar-refractivity contribution < 1.29 is 4.74 Å². The monoisotopic (exact) mass is 344 g/mol. The minimum Gasteiger partial charge on any atom is -0.497 e. The average molecular weight is 345 g/mol. The van der Waals surface area contributed by atoms with Gasteiger partial charge in [-0.25, -0.2) is 0 Å². The summed E-state index contributed by atoms with van der Waals surface area (Å²) in [6.45, 7) is 8.29. The van der Waals surface area contributed by atoms with Crippen molar-refractivity contribution in [3.63, 3.8) is 0 Å². The van der Waals surface area contributed by atoms with Gasteiger partial charge in [-0.15, -0.1) is 0 Å². The van der Waals surface area contributed by atoms with Gasteiger partial charge in [0.25, 0.3) is 0 Å². The van der Waals surface area contributed by atoms with Gasteiger partial charge in [0.05, 0.1) is 7.11 Å². The number of hydrogen-bond donors (Lipinski definition) is 0. The third-order valence-corrected chi connectivity index (χ3v) is 4.19. The first-order chi connectivity index (χ1) is 10.2. The lowest BCUT2D eigenvalue weighted by molar-refractivity contribution is 0.414. The number of benzene rings is 2. The van der Waals surface area contributed by atoms with Gasteiger partial charge >= 0.3 is 0 Å². The highest BCUT2D eigenvalue weighted by molar-refractivity contribution is 9.10. The number of hydrogen-bond acceptors (Lipinski definition) is 1. The minimum atomic E-state index is 0.915. The highest BCUT2D eigenvalue weighted by Gasteiger charge is 2.17. The fraction of sp³-hybridized carbons (Fsp3) is 0.263. The quantitative estimate of drug-likeness (QED) is 0.649. The summed E-state index contributed by atoms with van der Waals surface area (Å²) in [4.78, 5) is 0. The van der Waals surface area contributed by atoms with Crippen molar-refractivity contribution in [3.8, 4) is 5.75 Å². The Balaban J connectivity index is 0.000000774. The van der Waals surface area contributed by atoms with Crippen LogP contribution in [-0.2, 0) is 12.8 Å². The molecular weight excluding hydrogens is 324 g/mol. The molecule has 0 N–H and O–H groups in total. The van der Waals surface area contributed by atoms with Gasteiger partial charge in [0.2, 0.25) is 0 Å². The van der Waals surface area contributed by atoms with Crippen LogP contribution < -0.4 is 4.74 Å². The predicted octanol–water partition coefficient (Wildman–Crippen LogP) is 5.64. The number of methoxy groups -OCH3 is 1. The van der Waals surface area contributed by atoms with Crippen LogP contribution in [0.25, 0.3) is 5.57 Å². The van der Waals surface area contributed by atoms with Gasteiger partial charge in [0.15, 0.2) is 0 Å². The maximum absolute atomic E-state index is 5.32. The van der Waals surface area contributed by atoms with Crippen molar-refractivity contribution >= 4 is 21.5 Å². The molecule has 3 rings (SSSR count). The van der Waals surface area contributed by atoms with Crippen molar-refractivity contribution in [2.75, 3.05) is 7.11 Å². The van der Waals surface area contributed by atoms with Crippen LogP contribution in [0.1, 0.15) is 36.1 Å². The fourth-order valence-electron chi connectivity index (χ4n) is 2.66. The number of rotatable bonds is 1. The number of fused-ring (bicyclic) bond motifs is 2. The first-order valence-electron chi connectivity index (χ1n) is 7.34. The molecule has 0 fully saturated rings. The van der Waals surface area contributed by atoms with Crippen LogP contribution in [0.3, 0.4) is 0 Å². The normalized spacial score (nSPS) is 12.5. The fourth-order valence-corrected chi connectivity index (χ4v) is 3.02. The molecule has 1 aliphatic rings. The molecule has 0 bridgehead atoms. The summed E-state index contributed by atoms with van der Waals surface area (Å²) < 4.78 is 6.42. The van der Waals surface area contributed by atoms with Crippen molar-refractivity contribution in [2.24, 2.45) is 0 Å². The van der Waals surface area contributed by atoms with Crippen molar-refractivity contribution in [3.05, 3.63) is 69.7 Å². The lowest BCUT2D eigenvalue weighted by Gasteiger charge is -2.11. The Bertz CT molecular complexity index is 659. The summed E-state index contributed by atoms with van der Waals surface area (Å²) in [7, 11) is 1.71. The Morgan fingerprint density at radius 2 is 1.67 bits per heavy atom. The molecule has 21 heavy (non-hydrogen) atoms. The van der Waals surface area contributed by atoms with Crippen LogP contribution in [0.5, 0.6) is 5.75 Å². The molecule has 0 saturated heterocycles. The van der Waals surface area contributed by atoms with E-state index >= 15 is 0 Å². The molecule has 2 heteroatoms. The molecule has 0 amide bonds. The van der Waals surface area contributed by atoms with Crippen molar-refractivity contribution in [1.29, 1.82) is 0 Å². The lowest BCUT2D eigenvalue weighted by Crippen LogP contribution is -1.93. The van der Waals surface area contributed by atoms with E-state index in [1.54, 1.807) is 7.11 Å². The molecule has 2 aromatic rings. The predicted molar refractivity (Wildman–Crippen MR) is 94.0 cm³/mol. The van der Waals surface area contributed by atoms with E-state index in [4.69, 9.17) is 4.74 Å². The van der Waals surface area contributed by atoms with E-state index in [1.807, 2.05) is 19.9 Å². The molecule has 0 saturated carbocycles. The van der Waals surface area contributed by atoms with Gasteiger partial charge in [-0.3, -0.25) is 0 Å². The Hall–Kier alpha value is -1.54. The Morgan fingerprint density at radius 3 is 2.38 bits per heavy atom. The molecule has 0 aromatic heterocycles. The summed E-state index contributed by atoms with van der Waals surface area (Å²) >= 11 is 3.55. The zero-order chi connectivity index (χ0) is 15.4. The van der Waals surface area contributed by atoms with E-state index in [-0.39, 0.29) is 0 Å². The van der Waals surface area contributed by atoms with E-state index < -0.39 is 0 Å². The Kier molecular flexibility index (Phi) is 5.24. The third kappa shape index (κ3) is 3.21. The van der Waals surface area contributed by atoms with Gasteiger partial charge in [-0.1, -0.05) is 48.5 Å². The molecule has 0 radical (unpaired) electrons. The van der Waals surface area contributed by atoms with Gasteiger partial charge < -0.3 is 4.74 Å². The first-order valence-corrected chi connectivity index (χ1v) is 8.13. The number of ether oxygens (including phenoxy) is 1. The number of halogens is 1. The van der Waals surface area contributed by atoms with Crippen LogP contribution in [0.15, 0.2) is 47.4 Å². The first kappa shape index (κ1) is 15.8. The van der Waals surface area contributed by atoms with Crippen LogP contribution >= 0.6 is 15.9 Å². The van der Waals surface area contributed by atoms with E-state index in [1.165, 1.54) is 22.3 Å². The largest absolute Gasteiger partial charge is 0.497 e. The standard InChI is InChI=1S/C17H15BrO.C2H6/c1-11-16-8-7-15(19-2)9-13(16)4-3-12-5-6-14(18)10-17(11)12;1-2/h5-10H,1,3-4H2,2H3;1-2H3. The summed E-state index contributed by atoms with van der Waals surface area (Å²) in [5.41, 5.74) is 6.27. The maximum atomic E-state index is 5.32. The molecule has 0 aliphatic heterocycles. The second-order valence-electron chi connectivity index (χ2n) is 4.80. The smallest absolute Gasteiger partial charge is 0.119 e. The highest BCUT2D eigenvalue weighted by Crippen LogP contribution is 2.35. The van der Waals surface area contributed by atoms with Crippen LogP contribution in [0, 0.1) is 0 Å². The van der Waals surface area contributed by atoms with E-state index in [0.29, 0.717) is 0 Å². The van der Waals surface area contributed by atoms with Crippen LogP contribution in [-0.4, -0.2) is 7.11 Å². The SMILES string of the molecule is C=C1c2ccc(OC)cc2CCc2ccc(Br)cc21.CC. The maximum Gasteiger partial charge on any atom is 0.119 e. The van der Waals surface area contributed by atoms with Crippen molar-refractivity contribution in [2.45, 2.75) is 26.7 Å². The molecule has 1 nitrogen and oxygen atoms in total. The topological polar surface area (TPSA) is 9.23 Å². The number of aryl methyl sites for hydroxylation is 2. The van der Waals surface area contributed by atoms with Gasteiger partial charge in [-0.05, 0) is 64.9 Å². The second kappa shape index (κ2) is 6.95. The molecule has 2 aromatic carbocycles. The van der Waals surface area contributed by atoms with Crippen molar-refractivity contribution in [1.82, 2.24) is 0 Å². The van der Waals surface area contributed by atoms with E-state index in [2.05, 4.69) is 52.8 Å². The zero-order valence-corrected chi connectivity index (χ0v) is 14.5. The average Bonchev–Trinajstić information content (AvgIpc) is 2.67. The Labute approximate surface area is 135 Å². The molecular formula is C19H21BrO. The second-order valence-corrected chi connectivity index (χ2v) is 5.72. The third-order valence-electron chi connectivity index (χ3n) is 3.70. The zero-order valence-electron chi connectivity index (χ0n) is 12.9. The molecule has 1 aliphatic carbocycles. The summed E-state index contributed by atoms with van der Waals surface area (Å²) in [6, 6.07) is 12.7. The van der Waals surface area contributed by atoms with E-state index in [0.717, 1.165) is 28.6 Å². The van der Waals surface area contributed by atoms with Gasteiger partial charge in [0.1, 0.15) is 5.75 Å².